The summed E-state index contributed by atoms with van der Waals surface area (Å²) >= 11 is 0. The molecule has 1 fully saturated rings. The fourth-order valence-electron chi connectivity index (χ4n) is 2.63. The third-order valence-electron chi connectivity index (χ3n) is 3.64. The van der Waals surface area contributed by atoms with Crippen LogP contribution in [0.25, 0.3) is 0 Å². The molecule has 0 aromatic heterocycles. The SMILES string of the molecule is Cl.c1cc2c(c(OCCN3CCCCC3)c1)OCCO2. The van der Waals surface area contributed by atoms with Gasteiger partial charge >= 0.3 is 0 Å². The smallest absolute Gasteiger partial charge is 0.203 e. The van der Waals surface area contributed by atoms with Gasteiger partial charge in [-0.05, 0) is 38.1 Å². The van der Waals surface area contributed by atoms with E-state index >= 15 is 0 Å². The fraction of sp³-hybridized carbons (Fsp3) is 0.600. The molecular weight excluding hydrogens is 278 g/mol. The van der Waals surface area contributed by atoms with Gasteiger partial charge in [0, 0.05) is 6.54 Å². The van der Waals surface area contributed by atoms with Crippen LogP contribution >= 0.6 is 12.4 Å². The number of fused-ring (bicyclic) bond motifs is 1. The molecule has 20 heavy (non-hydrogen) atoms. The molecule has 1 aromatic carbocycles. The summed E-state index contributed by atoms with van der Waals surface area (Å²) in [5.74, 6) is 2.35. The summed E-state index contributed by atoms with van der Waals surface area (Å²) in [6.45, 7) is 5.32. The highest BCUT2D eigenvalue weighted by molar-refractivity contribution is 5.85. The molecule has 112 valence electrons. The Labute approximate surface area is 126 Å². The molecule has 4 nitrogen and oxygen atoms in total. The van der Waals surface area contributed by atoms with Crippen molar-refractivity contribution < 1.29 is 14.2 Å². The molecule has 2 aliphatic rings. The molecule has 0 radical (unpaired) electrons. The van der Waals surface area contributed by atoms with Gasteiger partial charge in [-0.3, -0.25) is 4.90 Å². The minimum atomic E-state index is 0. The standard InChI is InChI=1S/C15H21NO3.ClH/c1-2-7-16(8-3-1)9-10-17-13-5-4-6-14-15(13)19-12-11-18-14;/h4-6H,1-3,7-12H2;1H. The first-order valence-electron chi connectivity index (χ1n) is 7.17. The maximum absolute atomic E-state index is 5.86. The van der Waals surface area contributed by atoms with Crippen molar-refractivity contribution in [3.63, 3.8) is 0 Å². The Kier molecular flexibility index (Phi) is 5.80. The van der Waals surface area contributed by atoms with Gasteiger partial charge in [-0.15, -0.1) is 12.4 Å². The van der Waals surface area contributed by atoms with Gasteiger partial charge < -0.3 is 14.2 Å². The lowest BCUT2D eigenvalue weighted by molar-refractivity contribution is 0.152. The number of para-hydroxylation sites is 1. The third kappa shape index (κ3) is 3.70. The summed E-state index contributed by atoms with van der Waals surface area (Å²) in [5, 5.41) is 0. The molecule has 1 saturated heterocycles. The number of rotatable bonds is 4. The Bertz CT molecular complexity index is 422. The molecule has 0 spiro atoms. The van der Waals surface area contributed by atoms with Crippen LogP contribution in [0, 0.1) is 0 Å². The molecule has 1 aromatic rings. The minimum Gasteiger partial charge on any atom is -0.488 e. The van der Waals surface area contributed by atoms with Crippen LogP contribution in [-0.2, 0) is 0 Å². The lowest BCUT2D eigenvalue weighted by atomic mass is 10.1. The zero-order chi connectivity index (χ0) is 12.9. The van der Waals surface area contributed by atoms with Crippen molar-refractivity contribution in [2.45, 2.75) is 19.3 Å². The van der Waals surface area contributed by atoms with Crippen molar-refractivity contribution in [3.8, 4) is 17.2 Å². The van der Waals surface area contributed by atoms with Crippen molar-refractivity contribution in [3.05, 3.63) is 18.2 Å². The highest BCUT2D eigenvalue weighted by Gasteiger charge is 2.17. The highest BCUT2D eigenvalue weighted by atomic mass is 35.5. The van der Waals surface area contributed by atoms with E-state index < -0.39 is 0 Å². The van der Waals surface area contributed by atoms with Crippen molar-refractivity contribution in [2.75, 3.05) is 39.5 Å². The molecule has 0 N–H and O–H groups in total. The van der Waals surface area contributed by atoms with Crippen LogP contribution in [-0.4, -0.2) is 44.4 Å². The highest BCUT2D eigenvalue weighted by Crippen LogP contribution is 2.38. The van der Waals surface area contributed by atoms with E-state index in [0.29, 0.717) is 19.8 Å². The van der Waals surface area contributed by atoms with Crippen molar-refractivity contribution in [1.29, 1.82) is 0 Å². The molecule has 0 atom stereocenters. The largest absolute Gasteiger partial charge is 0.488 e. The molecular formula is C15H22ClNO3. The van der Waals surface area contributed by atoms with Crippen LogP contribution < -0.4 is 14.2 Å². The topological polar surface area (TPSA) is 30.9 Å². The lowest BCUT2D eigenvalue weighted by Crippen LogP contribution is -2.33. The Morgan fingerprint density at radius 3 is 2.70 bits per heavy atom. The van der Waals surface area contributed by atoms with Gasteiger partial charge in [0.1, 0.15) is 19.8 Å². The number of piperidine rings is 1. The van der Waals surface area contributed by atoms with Crippen molar-refractivity contribution in [1.82, 2.24) is 4.90 Å². The Balaban J connectivity index is 0.00000147. The molecule has 0 amide bonds. The Morgan fingerprint density at radius 2 is 1.85 bits per heavy atom. The van der Waals surface area contributed by atoms with Crippen LogP contribution in [0.4, 0.5) is 0 Å². The zero-order valence-corrected chi connectivity index (χ0v) is 12.5. The summed E-state index contributed by atoms with van der Waals surface area (Å²) < 4.78 is 17.0. The van der Waals surface area contributed by atoms with E-state index in [9.17, 15) is 0 Å². The Hall–Kier alpha value is -1.13. The maximum Gasteiger partial charge on any atom is 0.203 e. The number of ether oxygens (including phenoxy) is 3. The molecule has 3 rings (SSSR count). The van der Waals surface area contributed by atoms with E-state index in [1.165, 1.54) is 32.4 Å². The van der Waals surface area contributed by atoms with E-state index in [1.807, 2.05) is 18.2 Å². The van der Waals surface area contributed by atoms with Gasteiger partial charge in [-0.25, -0.2) is 0 Å². The molecule has 0 unspecified atom stereocenters. The quantitative estimate of drug-likeness (QED) is 0.855. The van der Waals surface area contributed by atoms with Gasteiger partial charge in [0.05, 0.1) is 0 Å². The molecule has 0 aliphatic carbocycles. The molecule has 5 heteroatoms. The van der Waals surface area contributed by atoms with Gasteiger partial charge in [-0.2, -0.15) is 0 Å². The molecule has 0 bridgehead atoms. The average Bonchev–Trinajstić information content (AvgIpc) is 2.49. The molecule has 2 aliphatic heterocycles. The van der Waals surface area contributed by atoms with Gasteiger partial charge in [-0.1, -0.05) is 12.5 Å². The summed E-state index contributed by atoms with van der Waals surface area (Å²) in [5.41, 5.74) is 0. The van der Waals surface area contributed by atoms with Crippen LogP contribution in [0.5, 0.6) is 17.2 Å². The summed E-state index contributed by atoms with van der Waals surface area (Å²) in [6.07, 6.45) is 4.00. The van der Waals surface area contributed by atoms with Crippen LogP contribution in [0.3, 0.4) is 0 Å². The second-order valence-corrected chi connectivity index (χ2v) is 5.03. The van der Waals surface area contributed by atoms with Gasteiger partial charge in [0.25, 0.3) is 0 Å². The fourth-order valence-corrected chi connectivity index (χ4v) is 2.63. The van der Waals surface area contributed by atoms with E-state index in [0.717, 1.165) is 23.8 Å². The first-order valence-corrected chi connectivity index (χ1v) is 7.17. The second kappa shape index (κ2) is 7.60. The summed E-state index contributed by atoms with van der Waals surface area (Å²) in [6, 6.07) is 5.82. The van der Waals surface area contributed by atoms with Gasteiger partial charge in [0.2, 0.25) is 5.75 Å². The summed E-state index contributed by atoms with van der Waals surface area (Å²) in [4.78, 5) is 2.47. The number of halogens is 1. The number of likely N-dealkylation sites (tertiary alicyclic amines) is 1. The number of hydrogen-bond acceptors (Lipinski definition) is 4. The zero-order valence-electron chi connectivity index (χ0n) is 11.7. The van der Waals surface area contributed by atoms with Crippen molar-refractivity contribution >= 4 is 12.4 Å². The predicted molar refractivity (Wildman–Crippen MR) is 80.5 cm³/mol. The number of benzene rings is 1. The van der Waals surface area contributed by atoms with Gasteiger partial charge in [0.15, 0.2) is 11.5 Å². The lowest BCUT2D eigenvalue weighted by Gasteiger charge is -2.26. The van der Waals surface area contributed by atoms with Crippen LogP contribution in [0.2, 0.25) is 0 Å². The van der Waals surface area contributed by atoms with E-state index in [4.69, 9.17) is 14.2 Å². The normalized spacial score (nSPS) is 18.2. The first kappa shape index (κ1) is 15.3. The third-order valence-corrected chi connectivity index (χ3v) is 3.64. The van der Waals surface area contributed by atoms with E-state index in [-0.39, 0.29) is 12.4 Å². The first-order chi connectivity index (χ1) is 9.43. The van der Waals surface area contributed by atoms with E-state index in [1.54, 1.807) is 0 Å². The Morgan fingerprint density at radius 1 is 1.05 bits per heavy atom. The molecule has 0 saturated carbocycles. The average molecular weight is 300 g/mol. The minimum absolute atomic E-state index is 0. The monoisotopic (exact) mass is 299 g/mol. The predicted octanol–water partition coefficient (Wildman–Crippen LogP) is 2.74. The second-order valence-electron chi connectivity index (χ2n) is 5.03. The van der Waals surface area contributed by atoms with Crippen LogP contribution in [0.15, 0.2) is 18.2 Å². The summed E-state index contributed by atoms with van der Waals surface area (Å²) in [7, 11) is 0. The van der Waals surface area contributed by atoms with E-state index in [2.05, 4.69) is 4.90 Å². The number of hydrogen-bond donors (Lipinski definition) is 0. The number of nitrogens with zero attached hydrogens (tertiary/aromatic N) is 1. The molecule has 2 heterocycles. The van der Waals surface area contributed by atoms with Crippen LogP contribution in [0.1, 0.15) is 19.3 Å². The van der Waals surface area contributed by atoms with Crippen molar-refractivity contribution in [2.24, 2.45) is 0 Å². The maximum atomic E-state index is 5.86.